The van der Waals surface area contributed by atoms with Crippen LogP contribution in [0.5, 0.6) is 0 Å². The van der Waals surface area contributed by atoms with Gasteiger partial charge in [0.05, 0.1) is 29.3 Å². The Kier molecular flexibility index (Phi) is 7.68. The first-order valence-electron chi connectivity index (χ1n) is 13.1. The van der Waals surface area contributed by atoms with E-state index in [0.29, 0.717) is 5.56 Å². The number of morpholine rings is 1. The van der Waals surface area contributed by atoms with Gasteiger partial charge < -0.3 is 4.74 Å². The summed E-state index contributed by atoms with van der Waals surface area (Å²) < 4.78 is 47.0. The molecule has 10 heteroatoms. The summed E-state index contributed by atoms with van der Waals surface area (Å²) in [5, 5.41) is 0.953. The molecule has 0 spiro atoms. The smallest absolute Gasteiger partial charge is 0.261 e. The molecule has 3 heterocycles. The molecule has 3 aromatic carbocycles. The van der Waals surface area contributed by atoms with Gasteiger partial charge in [-0.2, -0.15) is 0 Å². The molecule has 1 N–H and O–H groups in total. The lowest BCUT2D eigenvalue weighted by Gasteiger charge is -2.26. The Balaban J connectivity index is 1.30. The number of halogens is 2. The molecule has 208 valence electrons. The normalized spacial score (nSPS) is 14.3. The second-order valence-corrected chi connectivity index (χ2v) is 11.8. The number of ether oxygens (including phenoxy) is 1. The summed E-state index contributed by atoms with van der Waals surface area (Å²) in [6.07, 6.45) is 3.39. The van der Waals surface area contributed by atoms with Crippen molar-refractivity contribution >= 4 is 38.2 Å². The average Bonchev–Trinajstić information content (AvgIpc) is 2.99. The van der Waals surface area contributed by atoms with Crippen molar-refractivity contribution in [2.75, 3.05) is 31.0 Å². The highest BCUT2D eigenvalue weighted by atomic mass is 35.5. The van der Waals surface area contributed by atoms with Gasteiger partial charge >= 0.3 is 0 Å². The van der Waals surface area contributed by atoms with Crippen LogP contribution in [0.1, 0.15) is 5.56 Å². The van der Waals surface area contributed by atoms with Gasteiger partial charge in [0, 0.05) is 43.0 Å². The molecule has 0 aliphatic carbocycles. The molecule has 1 aliphatic rings. The van der Waals surface area contributed by atoms with E-state index in [4.69, 9.17) is 16.3 Å². The van der Waals surface area contributed by atoms with Crippen molar-refractivity contribution < 1.29 is 17.5 Å². The summed E-state index contributed by atoms with van der Waals surface area (Å²) in [6.45, 7) is 4.31. The minimum atomic E-state index is -4.00. The fourth-order valence-corrected chi connectivity index (χ4v) is 6.14. The van der Waals surface area contributed by atoms with E-state index in [1.807, 2.05) is 24.3 Å². The van der Waals surface area contributed by atoms with E-state index >= 15 is 0 Å². The molecule has 1 fully saturated rings. The van der Waals surface area contributed by atoms with Gasteiger partial charge in [-0.1, -0.05) is 41.9 Å². The van der Waals surface area contributed by atoms with E-state index < -0.39 is 15.8 Å². The molecule has 0 bridgehead atoms. The Labute approximate surface area is 242 Å². The Morgan fingerprint density at radius 2 is 1.61 bits per heavy atom. The molecule has 41 heavy (non-hydrogen) atoms. The van der Waals surface area contributed by atoms with E-state index in [1.165, 1.54) is 17.7 Å². The van der Waals surface area contributed by atoms with Crippen LogP contribution in [0.2, 0.25) is 5.15 Å². The maximum absolute atomic E-state index is 13.3. The summed E-state index contributed by atoms with van der Waals surface area (Å²) in [5.74, 6) is -0.528. The predicted octanol–water partition coefficient (Wildman–Crippen LogP) is 6.39. The highest BCUT2D eigenvalue weighted by Crippen LogP contribution is 2.34. The molecule has 1 saturated heterocycles. The number of benzene rings is 3. The predicted molar refractivity (Wildman–Crippen MR) is 159 cm³/mol. The lowest BCUT2D eigenvalue weighted by molar-refractivity contribution is 0.0342. The minimum absolute atomic E-state index is 0.000231. The number of pyridine rings is 2. The molecule has 0 atom stereocenters. The number of nitrogens with one attached hydrogen (secondary N) is 1. The number of rotatable bonds is 7. The number of fused-ring (bicyclic) bond motifs is 1. The van der Waals surface area contributed by atoms with Crippen molar-refractivity contribution in [3.8, 4) is 22.3 Å². The van der Waals surface area contributed by atoms with Gasteiger partial charge in [-0.05, 0) is 70.8 Å². The lowest BCUT2D eigenvalue weighted by Crippen LogP contribution is -2.35. The zero-order valence-corrected chi connectivity index (χ0v) is 23.5. The Morgan fingerprint density at radius 3 is 2.37 bits per heavy atom. The van der Waals surface area contributed by atoms with Crippen LogP contribution >= 0.6 is 11.6 Å². The monoisotopic (exact) mass is 588 g/mol. The van der Waals surface area contributed by atoms with Crippen molar-refractivity contribution in [3.63, 3.8) is 0 Å². The van der Waals surface area contributed by atoms with Crippen LogP contribution in [-0.2, 0) is 21.3 Å². The van der Waals surface area contributed by atoms with Crippen LogP contribution in [0, 0.1) is 5.82 Å². The van der Waals surface area contributed by atoms with E-state index in [9.17, 15) is 12.8 Å². The van der Waals surface area contributed by atoms with Gasteiger partial charge in [-0.15, -0.1) is 0 Å². The molecule has 7 nitrogen and oxygen atoms in total. The van der Waals surface area contributed by atoms with Crippen molar-refractivity contribution in [1.29, 1.82) is 0 Å². The van der Waals surface area contributed by atoms with Crippen LogP contribution in [-0.4, -0.2) is 49.6 Å². The zero-order chi connectivity index (χ0) is 28.4. The van der Waals surface area contributed by atoms with E-state index in [-0.39, 0.29) is 15.7 Å². The zero-order valence-electron chi connectivity index (χ0n) is 21.9. The topological polar surface area (TPSA) is 84.4 Å². The molecule has 0 amide bonds. The first-order valence-corrected chi connectivity index (χ1v) is 14.9. The van der Waals surface area contributed by atoms with E-state index in [1.54, 1.807) is 18.5 Å². The summed E-state index contributed by atoms with van der Waals surface area (Å²) in [6, 6.07) is 22.6. The number of aromatic nitrogens is 2. The van der Waals surface area contributed by atoms with Gasteiger partial charge in [0.2, 0.25) is 0 Å². The Hall–Kier alpha value is -3.89. The molecular formula is C31H26ClFN4O3S. The lowest BCUT2D eigenvalue weighted by atomic mass is 9.97. The maximum atomic E-state index is 13.3. The van der Waals surface area contributed by atoms with Crippen LogP contribution in [0.25, 0.3) is 33.2 Å². The summed E-state index contributed by atoms with van der Waals surface area (Å²) in [5.41, 5.74) is 5.80. The van der Waals surface area contributed by atoms with Crippen LogP contribution in [0.15, 0.2) is 96.2 Å². The summed E-state index contributed by atoms with van der Waals surface area (Å²) in [4.78, 5) is 11.1. The first kappa shape index (κ1) is 27.3. The van der Waals surface area contributed by atoms with Crippen molar-refractivity contribution in [2.45, 2.75) is 11.4 Å². The van der Waals surface area contributed by atoms with Crippen molar-refractivity contribution in [1.82, 2.24) is 14.9 Å². The molecule has 0 unspecified atom stereocenters. The largest absolute Gasteiger partial charge is 0.379 e. The van der Waals surface area contributed by atoms with Crippen LogP contribution in [0.4, 0.5) is 10.1 Å². The molecule has 1 aliphatic heterocycles. The number of hydrogen-bond acceptors (Lipinski definition) is 6. The SMILES string of the molecule is O=S(=O)(Nc1cc(-c2ccc3nccc(-c4ccc(CN5CCOCC5)cc4)c3c2)cnc1Cl)c1ccc(F)cc1. The first-order chi connectivity index (χ1) is 19.9. The third kappa shape index (κ3) is 6.08. The highest BCUT2D eigenvalue weighted by molar-refractivity contribution is 7.92. The van der Waals surface area contributed by atoms with E-state index in [0.717, 1.165) is 72.6 Å². The average molecular weight is 589 g/mol. The number of anilines is 1. The van der Waals surface area contributed by atoms with Gasteiger partial charge in [-0.25, -0.2) is 17.8 Å². The van der Waals surface area contributed by atoms with Gasteiger partial charge in [-0.3, -0.25) is 14.6 Å². The summed E-state index contributed by atoms with van der Waals surface area (Å²) >= 11 is 6.26. The Bertz CT molecular complexity index is 1810. The fraction of sp³-hybridized carbons (Fsp3) is 0.161. The Morgan fingerprint density at radius 1 is 0.878 bits per heavy atom. The molecular weight excluding hydrogens is 563 g/mol. The fourth-order valence-electron chi connectivity index (χ4n) is 4.88. The van der Waals surface area contributed by atoms with Gasteiger partial charge in [0.15, 0.2) is 5.15 Å². The molecule has 5 aromatic rings. The third-order valence-electron chi connectivity index (χ3n) is 7.06. The molecule has 6 rings (SSSR count). The molecule has 2 aromatic heterocycles. The summed E-state index contributed by atoms with van der Waals surface area (Å²) in [7, 11) is -4.00. The molecule has 0 saturated carbocycles. The van der Waals surface area contributed by atoms with Gasteiger partial charge in [0.25, 0.3) is 10.0 Å². The number of hydrogen-bond donors (Lipinski definition) is 1. The van der Waals surface area contributed by atoms with E-state index in [2.05, 4.69) is 43.9 Å². The second-order valence-electron chi connectivity index (χ2n) is 9.80. The van der Waals surface area contributed by atoms with Crippen molar-refractivity contribution in [2.24, 2.45) is 0 Å². The van der Waals surface area contributed by atoms with Crippen LogP contribution < -0.4 is 4.72 Å². The number of sulfonamides is 1. The van der Waals surface area contributed by atoms with Crippen molar-refractivity contribution in [3.05, 3.63) is 108 Å². The quantitative estimate of drug-likeness (QED) is 0.222. The maximum Gasteiger partial charge on any atom is 0.261 e. The standard InChI is InChI=1S/C31H26ClFN4O3S/c32-31-30(36-41(38,39)26-8-6-25(33)7-9-26)18-24(19-35-31)23-5-10-29-28(17-23)27(11-12-34-29)22-3-1-21(2-4-22)20-37-13-15-40-16-14-37/h1-12,17-19,36H,13-16,20H2. The van der Waals surface area contributed by atoms with Crippen LogP contribution in [0.3, 0.4) is 0 Å². The van der Waals surface area contributed by atoms with Gasteiger partial charge in [0.1, 0.15) is 5.82 Å². The molecule has 0 radical (unpaired) electrons. The number of nitrogens with zero attached hydrogens (tertiary/aromatic N) is 3. The minimum Gasteiger partial charge on any atom is -0.379 e. The third-order valence-corrected chi connectivity index (χ3v) is 8.74. The highest BCUT2D eigenvalue weighted by Gasteiger charge is 2.18. The second kappa shape index (κ2) is 11.5.